The van der Waals surface area contributed by atoms with Crippen molar-refractivity contribution in [1.29, 1.82) is 0 Å². The number of carbonyl (C=O) groups is 2. The monoisotopic (exact) mass is 250 g/mol. The highest BCUT2D eigenvalue weighted by atomic mass is 16.5. The van der Waals surface area contributed by atoms with Crippen molar-refractivity contribution in [3.63, 3.8) is 0 Å². The molecule has 4 nitrogen and oxygen atoms in total. The van der Waals surface area contributed by atoms with Crippen molar-refractivity contribution in [2.24, 2.45) is 0 Å². The summed E-state index contributed by atoms with van der Waals surface area (Å²) in [4.78, 5) is 22.2. The Bertz CT molecular complexity index is 373. The third kappa shape index (κ3) is 6.03. The van der Waals surface area contributed by atoms with Crippen molar-refractivity contribution in [1.82, 2.24) is 0 Å². The first-order valence-electron chi connectivity index (χ1n) is 6.07. The fourth-order valence-corrected chi connectivity index (χ4v) is 1.31. The molecule has 0 aromatic heterocycles. The number of esters is 2. The third-order valence-electron chi connectivity index (χ3n) is 2.32. The van der Waals surface area contributed by atoms with Gasteiger partial charge in [-0.05, 0) is 12.0 Å². The Morgan fingerprint density at radius 2 is 1.78 bits per heavy atom. The summed E-state index contributed by atoms with van der Waals surface area (Å²) in [5.41, 5.74) is 0.961. The van der Waals surface area contributed by atoms with Crippen LogP contribution in [-0.2, 0) is 25.7 Å². The number of carbonyl (C=O) groups excluding carboxylic acids is 2. The van der Waals surface area contributed by atoms with Crippen LogP contribution in [0.15, 0.2) is 30.3 Å². The van der Waals surface area contributed by atoms with Crippen molar-refractivity contribution in [2.45, 2.75) is 32.8 Å². The number of hydrogen-bond acceptors (Lipinski definition) is 4. The van der Waals surface area contributed by atoms with E-state index >= 15 is 0 Å². The molecule has 18 heavy (non-hydrogen) atoms. The molecule has 0 saturated heterocycles. The lowest BCUT2D eigenvalue weighted by Gasteiger charge is -2.05. The summed E-state index contributed by atoms with van der Waals surface area (Å²) in [5.74, 6) is -0.515. The van der Waals surface area contributed by atoms with Crippen LogP contribution < -0.4 is 0 Å². The quantitative estimate of drug-likeness (QED) is 0.551. The minimum atomic E-state index is -0.272. The van der Waals surface area contributed by atoms with Crippen LogP contribution in [0.1, 0.15) is 31.7 Å². The molecule has 1 aromatic rings. The molecule has 1 aromatic carbocycles. The minimum Gasteiger partial charge on any atom is -0.466 e. The molecule has 0 radical (unpaired) electrons. The van der Waals surface area contributed by atoms with E-state index in [2.05, 4.69) is 0 Å². The summed E-state index contributed by atoms with van der Waals surface area (Å²) >= 11 is 0. The van der Waals surface area contributed by atoms with Crippen molar-refractivity contribution in [3.05, 3.63) is 35.9 Å². The summed E-state index contributed by atoms with van der Waals surface area (Å²) in [6.07, 6.45) is 1.13. The molecule has 0 heterocycles. The first-order chi connectivity index (χ1) is 8.72. The van der Waals surface area contributed by atoms with Crippen LogP contribution in [0.25, 0.3) is 0 Å². The van der Waals surface area contributed by atoms with Crippen LogP contribution in [0.2, 0.25) is 0 Å². The van der Waals surface area contributed by atoms with Crippen molar-refractivity contribution in [3.8, 4) is 0 Å². The molecular weight excluding hydrogens is 232 g/mol. The molecule has 0 bridgehead atoms. The van der Waals surface area contributed by atoms with Crippen LogP contribution in [0, 0.1) is 0 Å². The normalized spacial score (nSPS) is 9.83. The molecule has 0 saturated carbocycles. The van der Waals surface area contributed by atoms with Crippen LogP contribution in [0.3, 0.4) is 0 Å². The smallest absolute Gasteiger partial charge is 0.306 e. The van der Waals surface area contributed by atoms with Gasteiger partial charge in [0, 0.05) is 12.8 Å². The molecule has 0 unspecified atom stereocenters. The molecule has 0 fully saturated rings. The van der Waals surface area contributed by atoms with Gasteiger partial charge in [0.2, 0.25) is 0 Å². The van der Waals surface area contributed by atoms with Gasteiger partial charge >= 0.3 is 11.9 Å². The van der Waals surface area contributed by atoms with E-state index in [0.717, 1.165) is 5.56 Å². The van der Waals surface area contributed by atoms with Gasteiger partial charge in [-0.15, -0.1) is 0 Å². The second kappa shape index (κ2) is 8.28. The van der Waals surface area contributed by atoms with E-state index in [1.165, 1.54) is 0 Å². The van der Waals surface area contributed by atoms with Gasteiger partial charge in [-0.1, -0.05) is 37.3 Å². The molecule has 0 aliphatic heterocycles. The van der Waals surface area contributed by atoms with Gasteiger partial charge in [0.25, 0.3) is 0 Å². The van der Waals surface area contributed by atoms with Gasteiger partial charge in [-0.2, -0.15) is 0 Å². The molecule has 0 atom stereocenters. The molecule has 0 N–H and O–H groups in total. The van der Waals surface area contributed by atoms with Gasteiger partial charge < -0.3 is 9.47 Å². The average molecular weight is 250 g/mol. The van der Waals surface area contributed by atoms with Crippen molar-refractivity contribution < 1.29 is 19.1 Å². The number of hydrogen-bond donors (Lipinski definition) is 0. The first kappa shape index (κ1) is 14.2. The van der Waals surface area contributed by atoms with E-state index in [1.54, 1.807) is 6.92 Å². The fourth-order valence-electron chi connectivity index (χ4n) is 1.31. The molecule has 0 aliphatic carbocycles. The standard InChI is InChI=1S/C14H18O4/c1-2-13(15)17-10-6-9-14(16)18-11-12-7-4-3-5-8-12/h3-5,7-8H,2,6,9-11H2,1H3. The number of rotatable bonds is 7. The Kier molecular flexibility index (Phi) is 6.54. The lowest BCUT2D eigenvalue weighted by Crippen LogP contribution is -2.08. The molecule has 1 rings (SSSR count). The van der Waals surface area contributed by atoms with Gasteiger partial charge in [0.15, 0.2) is 0 Å². The molecular formula is C14H18O4. The predicted molar refractivity (Wildman–Crippen MR) is 66.7 cm³/mol. The molecule has 0 spiro atoms. The number of ether oxygens (including phenoxy) is 2. The van der Waals surface area contributed by atoms with E-state index in [0.29, 0.717) is 12.8 Å². The Hall–Kier alpha value is -1.84. The Morgan fingerprint density at radius 1 is 1.06 bits per heavy atom. The van der Waals surface area contributed by atoms with E-state index in [4.69, 9.17) is 9.47 Å². The Morgan fingerprint density at radius 3 is 2.44 bits per heavy atom. The van der Waals surface area contributed by atoms with E-state index in [1.807, 2.05) is 30.3 Å². The van der Waals surface area contributed by atoms with Crippen LogP contribution in [0.5, 0.6) is 0 Å². The molecule has 98 valence electrons. The minimum absolute atomic E-state index is 0.243. The Balaban J connectivity index is 2.09. The number of benzene rings is 1. The zero-order valence-corrected chi connectivity index (χ0v) is 10.6. The lowest BCUT2D eigenvalue weighted by molar-refractivity contribution is -0.148. The molecule has 0 aliphatic rings. The van der Waals surface area contributed by atoms with Gasteiger partial charge in [-0.3, -0.25) is 9.59 Å². The topological polar surface area (TPSA) is 52.6 Å². The summed E-state index contributed by atoms with van der Waals surface area (Å²) < 4.78 is 9.94. The van der Waals surface area contributed by atoms with Crippen molar-refractivity contribution >= 4 is 11.9 Å². The maximum Gasteiger partial charge on any atom is 0.306 e. The van der Waals surface area contributed by atoms with Crippen molar-refractivity contribution in [2.75, 3.05) is 6.61 Å². The first-order valence-corrected chi connectivity index (χ1v) is 6.07. The highest BCUT2D eigenvalue weighted by Gasteiger charge is 2.04. The van der Waals surface area contributed by atoms with Gasteiger partial charge in [-0.25, -0.2) is 0 Å². The van der Waals surface area contributed by atoms with E-state index < -0.39 is 0 Å². The summed E-state index contributed by atoms with van der Waals surface area (Å²) in [6.45, 7) is 2.29. The SMILES string of the molecule is CCC(=O)OCCCC(=O)OCc1ccccc1. The summed E-state index contributed by atoms with van der Waals surface area (Å²) in [5, 5.41) is 0. The summed E-state index contributed by atoms with van der Waals surface area (Å²) in [6, 6.07) is 9.50. The van der Waals surface area contributed by atoms with Gasteiger partial charge in [0.1, 0.15) is 6.61 Å². The largest absolute Gasteiger partial charge is 0.466 e. The second-order valence-corrected chi connectivity index (χ2v) is 3.82. The highest BCUT2D eigenvalue weighted by Crippen LogP contribution is 2.03. The van der Waals surface area contributed by atoms with Crippen LogP contribution in [-0.4, -0.2) is 18.5 Å². The maximum absolute atomic E-state index is 11.4. The van der Waals surface area contributed by atoms with Crippen LogP contribution in [0.4, 0.5) is 0 Å². The third-order valence-corrected chi connectivity index (χ3v) is 2.32. The highest BCUT2D eigenvalue weighted by molar-refractivity contribution is 5.70. The summed E-state index contributed by atoms with van der Waals surface area (Å²) in [7, 11) is 0. The van der Waals surface area contributed by atoms with Crippen LogP contribution >= 0.6 is 0 Å². The molecule has 0 amide bonds. The maximum atomic E-state index is 11.4. The predicted octanol–water partition coefficient (Wildman–Crippen LogP) is 2.46. The zero-order chi connectivity index (χ0) is 13.2. The average Bonchev–Trinajstić information content (AvgIpc) is 2.42. The van der Waals surface area contributed by atoms with E-state index in [9.17, 15) is 9.59 Å². The molecule has 4 heteroatoms. The fraction of sp³-hybridized carbons (Fsp3) is 0.429. The lowest BCUT2D eigenvalue weighted by atomic mass is 10.2. The van der Waals surface area contributed by atoms with Gasteiger partial charge in [0.05, 0.1) is 6.61 Å². The second-order valence-electron chi connectivity index (χ2n) is 3.82. The Labute approximate surface area is 107 Å². The zero-order valence-electron chi connectivity index (χ0n) is 10.6. The van der Waals surface area contributed by atoms with E-state index in [-0.39, 0.29) is 31.6 Å².